The van der Waals surface area contributed by atoms with Crippen molar-refractivity contribution in [1.82, 2.24) is 14.6 Å². The molecule has 102 valence electrons. The van der Waals surface area contributed by atoms with E-state index in [9.17, 15) is 4.39 Å². The van der Waals surface area contributed by atoms with Gasteiger partial charge in [-0.25, -0.2) is 13.9 Å². The van der Waals surface area contributed by atoms with Gasteiger partial charge in [-0.1, -0.05) is 12.1 Å². The van der Waals surface area contributed by atoms with Crippen LogP contribution in [0.1, 0.15) is 11.3 Å². The van der Waals surface area contributed by atoms with Gasteiger partial charge in [-0.05, 0) is 30.7 Å². The number of aromatic nitrogens is 3. The van der Waals surface area contributed by atoms with Gasteiger partial charge in [0.15, 0.2) is 5.82 Å². The summed E-state index contributed by atoms with van der Waals surface area (Å²) in [6, 6.07) is 8.52. The second kappa shape index (κ2) is 4.92. The van der Waals surface area contributed by atoms with Crippen molar-refractivity contribution in [2.75, 3.05) is 11.9 Å². The van der Waals surface area contributed by atoms with Crippen molar-refractivity contribution >= 4 is 11.3 Å². The number of hydrogen-bond donors (Lipinski definition) is 0. The fraction of sp³-hybridized carbons (Fsp3) is 0.200. The van der Waals surface area contributed by atoms with E-state index in [0.717, 1.165) is 22.6 Å². The van der Waals surface area contributed by atoms with Crippen LogP contribution in [-0.4, -0.2) is 21.6 Å². The van der Waals surface area contributed by atoms with Gasteiger partial charge >= 0.3 is 0 Å². The molecule has 0 spiro atoms. The van der Waals surface area contributed by atoms with Crippen LogP contribution < -0.4 is 4.90 Å². The molecule has 0 unspecified atom stereocenters. The van der Waals surface area contributed by atoms with Gasteiger partial charge in [0, 0.05) is 26.0 Å². The SMILES string of the molecule is Cc1cc2c(N(C)Cc3ccc(F)cc3)nccn2n1. The average Bonchev–Trinajstić information content (AvgIpc) is 2.81. The molecule has 0 aliphatic heterocycles. The molecule has 0 aliphatic rings. The maximum atomic E-state index is 12.9. The zero-order valence-electron chi connectivity index (χ0n) is 11.4. The first-order valence-electron chi connectivity index (χ1n) is 6.40. The van der Waals surface area contributed by atoms with Crippen molar-refractivity contribution in [3.8, 4) is 0 Å². The van der Waals surface area contributed by atoms with Crippen molar-refractivity contribution < 1.29 is 4.39 Å². The van der Waals surface area contributed by atoms with Crippen LogP contribution in [0.25, 0.3) is 5.52 Å². The average molecular weight is 270 g/mol. The van der Waals surface area contributed by atoms with Crippen molar-refractivity contribution in [2.24, 2.45) is 0 Å². The molecule has 0 aliphatic carbocycles. The van der Waals surface area contributed by atoms with E-state index in [-0.39, 0.29) is 5.82 Å². The number of hydrogen-bond acceptors (Lipinski definition) is 3. The Bertz CT molecular complexity index is 733. The molecule has 0 bridgehead atoms. The summed E-state index contributed by atoms with van der Waals surface area (Å²) in [6.45, 7) is 2.62. The van der Waals surface area contributed by atoms with E-state index in [2.05, 4.69) is 10.1 Å². The Morgan fingerprint density at radius 2 is 2.00 bits per heavy atom. The lowest BCUT2D eigenvalue weighted by Crippen LogP contribution is -2.18. The minimum Gasteiger partial charge on any atom is -0.354 e. The van der Waals surface area contributed by atoms with Gasteiger partial charge < -0.3 is 4.90 Å². The summed E-state index contributed by atoms with van der Waals surface area (Å²) < 4.78 is 14.7. The molecule has 1 aromatic carbocycles. The predicted octanol–water partition coefficient (Wildman–Crippen LogP) is 2.81. The lowest BCUT2D eigenvalue weighted by atomic mass is 10.2. The number of halogens is 1. The zero-order chi connectivity index (χ0) is 14.1. The van der Waals surface area contributed by atoms with Gasteiger partial charge in [-0.2, -0.15) is 5.10 Å². The summed E-state index contributed by atoms with van der Waals surface area (Å²) in [5.74, 6) is 0.639. The van der Waals surface area contributed by atoms with E-state index < -0.39 is 0 Å². The number of aryl methyl sites for hydroxylation is 1. The van der Waals surface area contributed by atoms with Crippen LogP contribution in [0, 0.1) is 12.7 Å². The van der Waals surface area contributed by atoms with Crippen LogP contribution in [0.3, 0.4) is 0 Å². The highest BCUT2D eigenvalue weighted by atomic mass is 19.1. The molecular weight excluding hydrogens is 255 g/mol. The Kier molecular flexibility index (Phi) is 3.10. The number of rotatable bonds is 3. The summed E-state index contributed by atoms with van der Waals surface area (Å²) in [5.41, 5.74) is 2.96. The topological polar surface area (TPSA) is 33.4 Å². The first-order chi connectivity index (χ1) is 9.63. The van der Waals surface area contributed by atoms with Crippen LogP contribution in [0.2, 0.25) is 0 Å². The Morgan fingerprint density at radius 1 is 1.25 bits per heavy atom. The first-order valence-corrected chi connectivity index (χ1v) is 6.40. The minimum absolute atomic E-state index is 0.219. The Morgan fingerprint density at radius 3 is 2.75 bits per heavy atom. The third-order valence-electron chi connectivity index (χ3n) is 3.19. The molecule has 3 aromatic rings. The summed E-state index contributed by atoms with van der Waals surface area (Å²) in [4.78, 5) is 6.46. The highest BCUT2D eigenvalue weighted by Crippen LogP contribution is 2.20. The van der Waals surface area contributed by atoms with Crippen molar-refractivity contribution in [1.29, 1.82) is 0 Å². The highest BCUT2D eigenvalue weighted by molar-refractivity contribution is 5.68. The summed E-state index contributed by atoms with van der Waals surface area (Å²) in [7, 11) is 1.97. The normalized spacial score (nSPS) is 10.9. The number of anilines is 1. The Labute approximate surface area is 116 Å². The van der Waals surface area contributed by atoms with E-state index in [0.29, 0.717) is 6.54 Å². The molecule has 20 heavy (non-hydrogen) atoms. The molecule has 4 nitrogen and oxygen atoms in total. The maximum absolute atomic E-state index is 12.9. The fourth-order valence-corrected chi connectivity index (χ4v) is 2.26. The van der Waals surface area contributed by atoms with Gasteiger partial charge in [-0.15, -0.1) is 0 Å². The second-order valence-electron chi connectivity index (χ2n) is 4.85. The van der Waals surface area contributed by atoms with Crippen LogP contribution in [-0.2, 0) is 6.54 Å². The van der Waals surface area contributed by atoms with Crippen molar-refractivity contribution in [3.05, 3.63) is 59.8 Å². The van der Waals surface area contributed by atoms with Crippen molar-refractivity contribution in [3.63, 3.8) is 0 Å². The fourth-order valence-electron chi connectivity index (χ4n) is 2.26. The van der Waals surface area contributed by atoms with E-state index in [1.54, 1.807) is 18.3 Å². The Balaban J connectivity index is 1.92. The van der Waals surface area contributed by atoms with Gasteiger partial charge in [-0.3, -0.25) is 0 Å². The molecule has 0 saturated carbocycles. The summed E-state index contributed by atoms with van der Waals surface area (Å²) >= 11 is 0. The first kappa shape index (κ1) is 12.6. The smallest absolute Gasteiger partial charge is 0.154 e. The zero-order valence-corrected chi connectivity index (χ0v) is 11.4. The van der Waals surface area contributed by atoms with E-state index in [4.69, 9.17) is 0 Å². The number of benzene rings is 1. The maximum Gasteiger partial charge on any atom is 0.154 e. The summed E-state index contributed by atoms with van der Waals surface area (Å²) in [6.07, 6.45) is 3.56. The van der Waals surface area contributed by atoms with E-state index in [1.807, 2.05) is 35.6 Å². The molecular formula is C15H15FN4. The standard InChI is InChI=1S/C15H15FN4/c1-11-9-14-15(17-7-8-20(14)18-11)19(2)10-12-3-5-13(16)6-4-12/h3-9H,10H2,1-2H3. The van der Waals surface area contributed by atoms with Gasteiger partial charge in [0.1, 0.15) is 11.3 Å². The molecule has 0 amide bonds. The van der Waals surface area contributed by atoms with Crippen LogP contribution >= 0.6 is 0 Å². The highest BCUT2D eigenvalue weighted by Gasteiger charge is 2.10. The summed E-state index contributed by atoms with van der Waals surface area (Å²) in [5, 5.41) is 4.38. The third-order valence-corrected chi connectivity index (χ3v) is 3.19. The second-order valence-corrected chi connectivity index (χ2v) is 4.85. The van der Waals surface area contributed by atoms with Crippen LogP contribution in [0.4, 0.5) is 10.2 Å². The van der Waals surface area contributed by atoms with Crippen LogP contribution in [0.15, 0.2) is 42.7 Å². The number of nitrogens with zero attached hydrogens (tertiary/aromatic N) is 4. The molecule has 5 heteroatoms. The molecule has 0 radical (unpaired) electrons. The Hall–Kier alpha value is -2.43. The van der Waals surface area contributed by atoms with E-state index >= 15 is 0 Å². The van der Waals surface area contributed by atoms with E-state index in [1.165, 1.54) is 12.1 Å². The predicted molar refractivity (Wildman–Crippen MR) is 76.2 cm³/mol. The minimum atomic E-state index is -0.219. The van der Waals surface area contributed by atoms with Gasteiger partial charge in [0.05, 0.1) is 5.69 Å². The van der Waals surface area contributed by atoms with Gasteiger partial charge in [0.2, 0.25) is 0 Å². The molecule has 0 atom stereocenters. The molecule has 0 fully saturated rings. The monoisotopic (exact) mass is 270 g/mol. The van der Waals surface area contributed by atoms with Gasteiger partial charge in [0.25, 0.3) is 0 Å². The lowest BCUT2D eigenvalue weighted by Gasteiger charge is -2.18. The lowest BCUT2D eigenvalue weighted by molar-refractivity contribution is 0.627. The number of fused-ring (bicyclic) bond motifs is 1. The molecule has 0 N–H and O–H groups in total. The molecule has 3 rings (SSSR count). The molecule has 0 saturated heterocycles. The largest absolute Gasteiger partial charge is 0.354 e. The molecule has 2 heterocycles. The van der Waals surface area contributed by atoms with Crippen LogP contribution in [0.5, 0.6) is 0 Å². The quantitative estimate of drug-likeness (QED) is 0.733. The van der Waals surface area contributed by atoms with Crippen molar-refractivity contribution in [2.45, 2.75) is 13.5 Å². The third kappa shape index (κ3) is 2.34. The molecule has 2 aromatic heterocycles.